The Labute approximate surface area is 85.0 Å². The van der Waals surface area contributed by atoms with Crippen LogP contribution in [0.15, 0.2) is 18.9 Å². The molecule has 1 aromatic heterocycles. The highest BCUT2D eigenvalue weighted by atomic mass is 15.4. The number of rotatable bonds is 6. The largest absolute Gasteiger partial charge is 0.314 e. The first-order valence-corrected chi connectivity index (χ1v) is 4.95. The van der Waals surface area contributed by atoms with Gasteiger partial charge in [-0.3, -0.25) is 4.68 Å². The quantitative estimate of drug-likeness (QED) is 0.684. The molecule has 14 heavy (non-hydrogen) atoms. The summed E-state index contributed by atoms with van der Waals surface area (Å²) in [6.45, 7) is 6.82. The Kier molecular flexibility index (Phi) is 4.32. The van der Waals surface area contributed by atoms with E-state index in [1.807, 2.05) is 19.3 Å². The highest BCUT2D eigenvalue weighted by molar-refractivity contribution is 4.97. The van der Waals surface area contributed by atoms with E-state index in [2.05, 4.69) is 29.1 Å². The summed E-state index contributed by atoms with van der Waals surface area (Å²) < 4.78 is 1.73. The van der Waals surface area contributed by atoms with Gasteiger partial charge in [0.2, 0.25) is 0 Å². The van der Waals surface area contributed by atoms with Gasteiger partial charge in [0.15, 0.2) is 0 Å². The van der Waals surface area contributed by atoms with Crippen LogP contribution in [0.25, 0.3) is 0 Å². The van der Waals surface area contributed by atoms with Crippen molar-refractivity contribution in [2.75, 3.05) is 6.54 Å². The van der Waals surface area contributed by atoms with Gasteiger partial charge in [-0.1, -0.05) is 18.2 Å². The van der Waals surface area contributed by atoms with Crippen LogP contribution >= 0.6 is 0 Å². The van der Waals surface area contributed by atoms with E-state index in [0.717, 1.165) is 25.1 Å². The van der Waals surface area contributed by atoms with Crippen LogP contribution in [0.5, 0.6) is 0 Å². The minimum absolute atomic E-state index is 0.425. The summed E-state index contributed by atoms with van der Waals surface area (Å²) in [4.78, 5) is 0. The molecule has 1 N–H and O–H groups in total. The van der Waals surface area contributed by atoms with E-state index in [1.54, 1.807) is 4.68 Å². The third-order valence-electron chi connectivity index (χ3n) is 2.05. The van der Waals surface area contributed by atoms with E-state index in [-0.39, 0.29) is 0 Å². The van der Waals surface area contributed by atoms with Crippen LogP contribution < -0.4 is 5.32 Å². The van der Waals surface area contributed by atoms with Gasteiger partial charge in [0, 0.05) is 25.7 Å². The average Bonchev–Trinajstić information content (AvgIpc) is 2.52. The van der Waals surface area contributed by atoms with E-state index in [1.165, 1.54) is 0 Å². The van der Waals surface area contributed by atoms with Crippen LogP contribution in [0, 0.1) is 0 Å². The Balaban J connectivity index is 2.49. The maximum Gasteiger partial charge on any atom is 0.0842 e. The van der Waals surface area contributed by atoms with E-state index < -0.39 is 0 Å². The number of nitrogens with one attached hydrogen (secondary N) is 1. The van der Waals surface area contributed by atoms with E-state index in [9.17, 15) is 0 Å². The van der Waals surface area contributed by atoms with Gasteiger partial charge >= 0.3 is 0 Å². The van der Waals surface area contributed by atoms with Gasteiger partial charge in [-0.05, 0) is 13.0 Å². The van der Waals surface area contributed by atoms with Crippen LogP contribution in [-0.2, 0) is 13.5 Å². The van der Waals surface area contributed by atoms with Crippen LogP contribution in [0.1, 0.15) is 19.0 Å². The molecule has 0 saturated carbocycles. The molecule has 1 unspecified atom stereocenters. The summed E-state index contributed by atoms with van der Waals surface area (Å²) in [6.07, 6.45) is 5.76. The summed E-state index contributed by atoms with van der Waals surface area (Å²) >= 11 is 0. The number of hydrogen-bond donors (Lipinski definition) is 1. The zero-order valence-electron chi connectivity index (χ0n) is 8.90. The Morgan fingerprint density at radius 2 is 2.50 bits per heavy atom. The lowest BCUT2D eigenvalue weighted by Gasteiger charge is -2.13. The van der Waals surface area contributed by atoms with Crippen LogP contribution in [-0.4, -0.2) is 27.6 Å². The number of aromatic nitrogens is 3. The lowest BCUT2D eigenvalue weighted by Crippen LogP contribution is -2.30. The van der Waals surface area contributed by atoms with Crippen LogP contribution in [0.2, 0.25) is 0 Å². The Morgan fingerprint density at radius 1 is 1.71 bits per heavy atom. The molecule has 0 saturated heterocycles. The molecule has 1 atom stereocenters. The smallest absolute Gasteiger partial charge is 0.0842 e. The van der Waals surface area contributed by atoms with E-state index >= 15 is 0 Å². The second-order valence-corrected chi connectivity index (χ2v) is 3.37. The first-order valence-electron chi connectivity index (χ1n) is 4.95. The van der Waals surface area contributed by atoms with Crippen molar-refractivity contribution in [2.45, 2.75) is 25.8 Å². The zero-order chi connectivity index (χ0) is 10.4. The summed E-state index contributed by atoms with van der Waals surface area (Å²) in [5.74, 6) is 0. The van der Waals surface area contributed by atoms with Crippen molar-refractivity contribution in [3.63, 3.8) is 0 Å². The predicted molar refractivity (Wildman–Crippen MR) is 57.0 cm³/mol. The summed E-state index contributed by atoms with van der Waals surface area (Å²) in [5.41, 5.74) is 1.03. The number of hydrogen-bond acceptors (Lipinski definition) is 3. The second kappa shape index (κ2) is 5.54. The molecule has 4 heteroatoms. The fraction of sp³-hybridized carbons (Fsp3) is 0.600. The molecule has 0 radical (unpaired) electrons. The van der Waals surface area contributed by atoms with Crippen LogP contribution in [0.3, 0.4) is 0 Å². The molecule has 1 rings (SSSR count). The number of nitrogens with zero attached hydrogens (tertiary/aromatic N) is 3. The number of aryl methyl sites for hydroxylation is 1. The lowest BCUT2D eigenvalue weighted by atomic mass is 10.1. The molecular formula is C10H18N4. The van der Waals surface area contributed by atoms with Crippen molar-refractivity contribution < 1.29 is 0 Å². The summed E-state index contributed by atoms with van der Waals surface area (Å²) in [5, 5.41) is 11.4. The molecule has 0 aliphatic rings. The Hall–Kier alpha value is -1.16. The van der Waals surface area contributed by atoms with Crippen molar-refractivity contribution in [1.29, 1.82) is 0 Å². The minimum atomic E-state index is 0.425. The fourth-order valence-corrected chi connectivity index (χ4v) is 1.47. The normalized spacial score (nSPS) is 12.7. The highest BCUT2D eigenvalue weighted by Crippen LogP contribution is 2.02. The van der Waals surface area contributed by atoms with Gasteiger partial charge in [-0.25, -0.2) is 0 Å². The van der Waals surface area contributed by atoms with Crippen LogP contribution in [0.4, 0.5) is 0 Å². The first kappa shape index (κ1) is 10.9. The molecule has 0 bridgehead atoms. The van der Waals surface area contributed by atoms with Gasteiger partial charge < -0.3 is 5.32 Å². The molecule has 0 aliphatic heterocycles. The molecule has 1 heterocycles. The van der Waals surface area contributed by atoms with Gasteiger partial charge in [0.25, 0.3) is 0 Å². The second-order valence-electron chi connectivity index (χ2n) is 3.37. The molecule has 4 nitrogen and oxygen atoms in total. The van der Waals surface area contributed by atoms with Crippen molar-refractivity contribution in [1.82, 2.24) is 20.3 Å². The van der Waals surface area contributed by atoms with Gasteiger partial charge in [0.05, 0.1) is 5.69 Å². The third kappa shape index (κ3) is 3.30. The number of likely N-dealkylation sites (N-methyl/N-ethyl adjacent to an activating group) is 1. The molecular weight excluding hydrogens is 176 g/mol. The van der Waals surface area contributed by atoms with E-state index in [0.29, 0.717) is 6.04 Å². The molecule has 0 spiro atoms. The Morgan fingerprint density at radius 3 is 3.00 bits per heavy atom. The summed E-state index contributed by atoms with van der Waals surface area (Å²) in [6, 6.07) is 0.425. The average molecular weight is 194 g/mol. The lowest BCUT2D eigenvalue weighted by molar-refractivity contribution is 0.524. The van der Waals surface area contributed by atoms with Crippen molar-refractivity contribution in [3.05, 3.63) is 24.5 Å². The Bertz CT molecular complexity index is 279. The minimum Gasteiger partial charge on any atom is -0.314 e. The first-order chi connectivity index (χ1) is 6.76. The zero-order valence-corrected chi connectivity index (χ0v) is 8.90. The van der Waals surface area contributed by atoms with Crippen molar-refractivity contribution >= 4 is 0 Å². The topological polar surface area (TPSA) is 42.7 Å². The SMILES string of the molecule is C=CCC(Cc1cn(C)nn1)NCC. The molecule has 78 valence electrons. The van der Waals surface area contributed by atoms with Gasteiger partial charge in [0.1, 0.15) is 0 Å². The van der Waals surface area contributed by atoms with Gasteiger partial charge in [-0.2, -0.15) is 0 Å². The third-order valence-corrected chi connectivity index (χ3v) is 2.05. The van der Waals surface area contributed by atoms with Gasteiger partial charge in [-0.15, -0.1) is 11.7 Å². The highest BCUT2D eigenvalue weighted by Gasteiger charge is 2.08. The maximum absolute atomic E-state index is 4.06. The standard InChI is InChI=1S/C10H18N4/c1-4-6-9(11-5-2)7-10-8-14(3)13-12-10/h4,8-9,11H,1,5-7H2,2-3H3. The summed E-state index contributed by atoms with van der Waals surface area (Å²) in [7, 11) is 1.88. The van der Waals surface area contributed by atoms with E-state index in [4.69, 9.17) is 0 Å². The van der Waals surface area contributed by atoms with Crippen molar-refractivity contribution in [3.8, 4) is 0 Å². The molecule has 0 aromatic carbocycles. The maximum atomic E-state index is 4.06. The molecule has 0 amide bonds. The predicted octanol–water partition coefficient (Wildman–Crippen LogP) is 0.912. The molecule has 0 fully saturated rings. The molecule has 0 aliphatic carbocycles. The molecule has 1 aromatic rings. The fourth-order valence-electron chi connectivity index (χ4n) is 1.47. The monoisotopic (exact) mass is 194 g/mol. The van der Waals surface area contributed by atoms with Crippen molar-refractivity contribution in [2.24, 2.45) is 7.05 Å².